The van der Waals surface area contributed by atoms with Crippen LogP contribution in [-0.2, 0) is 0 Å². The van der Waals surface area contributed by atoms with Crippen molar-refractivity contribution in [1.29, 1.82) is 0 Å². The lowest BCUT2D eigenvalue weighted by Gasteiger charge is -2.15. The van der Waals surface area contributed by atoms with Gasteiger partial charge in [-0.05, 0) is 19.1 Å². The first-order chi connectivity index (χ1) is 7.69. The number of anilines is 1. The minimum atomic E-state index is -0.206. The molecule has 1 heterocycles. The van der Waals surface area contributed by atoms with Crippen LogP contribution in [0.2, 0.25) is 0 Å². The van der Waals surface area contributed by atoms with Gasteiger partial charge in [-0.25, -0.2) is 0 Å². The molecule has 16 heavy (non-hydrogen) atoms. The van der Waals surface area contributed by atoms with Crippen LogP contribution in [0.5, 0.6) is 0 Å². The number of carbonyl (C=O) groups is 1. The van der Waals surface area contributed by atoms with Gasteiger partial charge in [0.25, 0.3) is 5.91 Å². The minimum Gasteiger partial charge on any atom is -0.357 e. The molecule has 3 N–H and O–H groups in total. The van der Waals surface area contributed by atoms with Crippen LogP contribution in [0.4, 0.5) is 5.82 Å². The lowest BCUT2D eigenvalue weighted by molar-refractivity contribution is 0.0950. The SMILES string of the molecule is CCNC(=O)c1ccc(N(C)CCN)nn1. The lowest BCUT2D eigenvalue weighted by atomic mass is 10.3. The van der Waals surface area contributed by atoms with E-state index in [4.69, 9.17) is 5.73 Å². The Hall–Kier alpha value is -1.69. The van der Waals surface area contributed by atoms with Gasteiger partial charge in [-0.2, -0.15) is 0 Å². The van der Waals surface area contributed by atoms with Gasteiger partial charge in [-0.1, -0.05) is 0 Å². The van der Waals surface area contributed by atoms with E-state index in [0.29, 0.717) is 31.1 Å². The van der Waals surface area contributed by atoms with E-state index >= 15 is 0 Å². The summed E-state index contributed by atoms with van der Waals surface area (Å²) in [6.07, 6.45) is 0. The highest BCUT2D eigenvalue weighted by molar-refractivity contribution is 5.92. The molecule has 0 unspecified atom stereocenters. The maximum Gasteiger partial charge on any atom is 0.271 e. The topological polar surface area (TPSA) is 84.1 Å². The summed E-state index contributed by atoms with van der Waals surface area (Å²) in [6, 6.07) is 3.41. The third-order valence-electron chi connectivity index (χ3n) is 2.08. The van der Waals surface area contributed by atoms with Gasteiger partial charge in [-0.3, -0.25) is 4.79 Å². The third-order valence-corrected chi connectivity index (χ3v) is 2.08. The summed E-state index contributed by atoms with van der Waals surface area (Å²) in [5.41, 5.74) is 5.76. The maximum atomic E-state index is 11.4. The van der Waals surface area contributed by atoms with Crippen molar-refractivity contribution in [3.63, 3.8) is 0 Å². The molecule has 6 heteroatoms. The standard InChI is InChI=1S/C10H17N5O/c1-3-12-10(16)8-4-5-9(14-13-8)15(2)7-6-11/h4-5H,3,6-7,11H2,1-2H3,(H,12,16). The first-order valence-corrected chi connectivity index (χ1v) is 5.22. The molecular formula is C10H17N5O. The van der Waals surface area contributed by atoms with Gasteiger partial charge in [0.15, 0.2) is 11.5 Å². The molecule has 1 aromatic heterocycles. The molecule has 0 aromatic carbocycles. The van der Waals surface area contributed by atoms with Crippen molar-refractivity contribution in [3.05, 3.63) is 17.8 Å². The quantitative estimate of drug-likeness (QED) is 0.711. The minimum absolute atomic E-state index is 0.206. The Labute approximate surface area is 94.8 Å². The Balaban J connectivity index is 2.71. The third kappa shape index (κ3) is 3.16. The van der Waals surface area contributed by atoms with Crippen molar-refractivity contribution in [2.75, 3.05) is 31.6 Å². The van der Waals surface area contributed by atoms with Crippen molar-refractivity contribution in [2.24, 2.45) is 5.73 Å². The molecule has 0 bridgehead atoms. The summed E-state index contributed by atoms with van der Waals surface area (Å²) in [5.74, 6) is 0.501. The van der Waals surface area contributed by atoms with Crippen LogP contribution in [-0.4, -0.2) is 42.8 Å². The number of amides is 1. The Morgan fingerprint density at radius 2 is 2.25 bits per heavy atom. The molecule has 0 atom stereocenters. The van der Waals surface area contributed by atoms with Gasteiger partial charge < -0.3 is 16.0 Å². The molecule has 0 saturated carbocycles. The second kappa shape index (κ2) is 6.02. The molecule has 0 aliphatic heterocycles. The molecule has 6 nitrogen and oxygen atoms in total. The van der Waals surface area contributed by atoms with Crippen LogP contribution in [0.1, 0.15) is 17.4 Å². The maximum absolute atomic E-state index is 11.4. The van der Waals surface area contributed by atoms with Crippen molar-refractivity contribution in [3.8, 4) is 0 Å². The fraction of sp³-hybridized carbons (Fsp3) is 0.500. The fourth-order valence-corrected chi connectivity index (χ4v) is 1.21. The molecule has 0 radical (unpaired) electrons. The Morgan fingerprint density at radius 1 is 1.50 bits per heavy atom. The predicted octanol–water partition coefficient (Wildman–Crippen LogP) is -0.379. The molecule has 0 aliphatic rings. The summed E-state index contributed by atoms with van der Waals surface area (Å²) in [7, 11) is 1.88. The van der Waals surface area contributed by atoms with Gasteiger partial charge in [0.05, 0.1) is 0 Å². The Morgan fingerprint density at radius 3 is 2.75 bits per heavy atom. The first-order valence-electron chi connectivity index (χ1n) is 5.22. The number of aromatic nitrogens is 2. The Bertz CT molecular complexity index is 338. The summed E-state index contributed by atoms with van der Waals surface area (Å²) in [5, 5.41) is 10.5. The number of hydrogen-bond donors (Lipinski definition) is 2. The summed E-state index contributed by atoms with van der Waals surface area (Å²) in [6.45, 7) is 3.69. The highest BCUT2D eigenvalue weighted by Gasteiger charge is 2.07. The van der Waals surface area contributed by atoms with E-state index in [2.05, 4.69) is 15.5 Å². The number of rotatable bonds is 5. The van der Waals surface area contributed by atoms with Gasteiger partial charge in [0.2, 0.25) is 0 Å². The van der Waals surface area contributed by atoms with Gasteiger partial charge in [0.1, 0.15) is 0 Å². The molecule has 1 rings (SSSR count). The Kier molecular flexibility index (Phi) is 4.65. The van der Waals surface area contributed by atoms with Gasteiger partial charge >= 0.3 is 0 Å². The lowest BCUT2D eigenvalue weighted by Crippen LogP contribution is -2.27. The smallest absolute Gasteiger partial charge is 0.271 e. The molecule has 0 aliphatic carbocycles. The van der Waals surface area contributed by atoms with Gasteiger partial charge in [-0.15, -0.1) is 10.2 Å². The van der Waals surface area contributed by atoms with E-state index in [1.807, 2.05) is 18.9 Å². The van der Waals surface area contributed by atoms with Crippen LogP contribution >= 0.6 is 0 Å². The number of carbonyl (C=O) groups excluding carboxylic acids is 1. The zero-order valence-electron chi connectivity index (χ0n) is 9.60. The first kappa shape index (κ1) is 12.4. The van der Waals surface area contributed by atoms with Crippen molar-refractivity contribution in [2.45, 2.75) is 6.92 Å². The van der Waals surface area contributed by atoms with Crippen LogP contribution in [0, 0.1) is 0 Å². The zero-order chi connectivity index (χ0) is 12.0. The number of hydrogen-bond acceptors (Lipinski definition) is 5. The second-order valence-electron chi connectivity index (χ2n) is 3.35. The molecule has 1 amide bonds. The molecule has 0 fully saturated rings. The second-order valence-corrected chi connectivity index (χ2v) is 3.35. The number of nitrogens with zero attached hydrogens (tertiary/aromatic N) is 3. The van der Waals surface area contributed by atoms with E-state index in [1.165, 1.54) is 0 Å². The van der Waals surface area contributed by atoms with Crippen LogP contribution in [0.3, 0.4) is 0 Å². The number of nitrogens with two attached hydrogens (primary N) is 1. The highest BCUT2D eigenvalue weighted by atomic mass is 16.1. The summed E-state index contributed by atoms with van der Waals surface area (Å²) < 4.78 is 0. The number of likely N-dealkylation sites (N-methyl/N-ethyl adjacent to an activating group) is 1. The van der Waals surface area contributed by atoms with Crippen molar-refractivity contribution >= 4 is 11.7 Å². The largest absolute Gasteiger partial charge is 0.357 e. The average Bonchev–Trinajstić information content (AvgIpc) is 2.30. The van der Waals surface area contributed by atoms with Crippen molar-refractivity contribution < 1.29 is 4.79 Å². The average molecular weight is 223 g/mol. The van der Waals surface area contributed by atoms with Crippen LogP contribution in [0.15, 0.2) is 12.1 Å². The zero-order valence-corrected chi connectivity index (χ0v) is 9.60. The van der Waals surface area contributed by atoms with E-state index in [1.54, 1.807) is 12.1 Å². The molecule has 0 spiro atoms. The monoisotopic (exact) mass is 223 g/mol. The van der Waals surface area contributed by atoms with Crippen LogP contribution in [0.25, 0.3) is 0 Å². The molecule has 1 aromatic rings. The predicted molar refractivity (Wildman–Crippen MR) is 62.4 cm³/mol. The normalized spacial score (nSPS) is 9.94. The van der Waals surface area contributed by atoms with Gasteiger partial charge in [0, 0.05) is 26.7 Å². The molecular weight excluding hydrogens is 206 g/mol. The molecule has 88 valence electrons. The molecule has 0 saturated heterocycles. The van der Waals surface area contributed by atoms with E-state index in [0.717, 1.165) is 0 Å². The van der Waals surface area contributed by atoms with Crippen molar-refractivity contribution in [1.82, 2.24) is 15.5 Å². The summed E-state index contributed by atoms with van der Waals surface area (Å²) in [4.78, 5) is 13.3. The number of nitrogens with one attached hydrogen (secondary N) is 1. The van der Waals surface area contributed by atoms with E-state index < -0.39 is 0 Å². The summed E-state index contributed by atoms with van der Waals surface area (Å²) >= 11 is 0. The highest BCUT2D eigenvalue weighted by Crippen LogP contribution is 2.06. The van der Waals surface area contributed by atoms with Crippen LogP contribution < -0.4 is 16.0 Å². The van der Waals surface area contributed by atoms with E-state index in [9.17, 15) is 4.79 Å². The van der Waals surface area contributed by atoms with E-state index in [-0.39, 0.29) is 5.91 Å². The fourth-order valence-electron chi connectivity index (χ4n) is 1.21.